The molecule has 0 aliphatic carbocycles. The van der Waals surface area contributed by atoms with Gasteiger partial charge in [0.25, 0.3) is 0 Å². The van der Waals surface area contributed by atoms with Gasteiger partial charge in [0, 0.05) is 17.8 Å². The molecule has 1 unspecified atom stereocenters. The van der Waals surface area contributed by atoms with Crippen molar-refractivity contribution in [3.8, 4) is 5.75 Å². The largest absolute Gasteiger partial charge is 0.394 e. The highest BCUT2D eigenvalue weighted by atomic mass is 32.2. The highest BCUT2D eigenvalue weighted by Crippen LogP contribution is 2.23. The van der Waals surface area contributed by atoms with Crippen molar-refractivity contribution in [2.45, 2.75) is 24.3 Å². The molecule has 0 saturated heterocycles. The molecule has 0 spiro atoms. The minimum Gasteiger partial charge on any atom is -0.394 e. The Bertz CT molecular complexity index is 947. The van der Waals surface area contributed by atoms with E-state index in [-0.39, 0.29) is 23.3 Å². The van der Waals surface area contributed by atoms with Crippen molar-refractivity contribution in [1.82, 2.24) is 9.97 Å². The number of hydrogen-bond donors (Lipinski definition) is 3. The molecule has 1 heterocycles. The third kappa shape index (κ3) is 3.92. The van der Waals surface area contributed by atoms with E-state index in [0.29, 0.717) is 5.52 Å². The summed E-state index contributed by atoms with van der Waals surface area (Å²) in [7, 11) is -3.93. The Morgan fingerprint density at radius 3 is 2.68 bits per heavy atom. The first-order valence-electron chi connectivity index (χ1n) is 7.87. The molecule has 0 amide bonds. The third-order valence-electron chi connectivity index (χ3n) is 3.82. The summed E-state index contributed by atoms with van der Waals surface area (Å²) in [5.74, 6) is 0.213. The van der Waals surface area contributed by atoms with Crippen molar-refractivity contribution in [2.24, 2.45) is 0 Å². The summed E-state index contributed by atoms with van der Waals surface area (Å²) in [6.45, 7) is 1.97. The van der Waals surface area contributed by atoms with Crippen LogP contribution in [0.25, 0.3) is 11.0 Å². The predicted octanol–water partition coefficient (Wildman–Crippen LogP) is 2.51. The van der Waals surface area contributed by atoms with Crippen LogP contribution in [0.15, 0.2) is 53.7 Å². The first kappa shape index (κ1) is 17.2. The lowest BCUT2D eigenvalue weighted by atomic mass is 10.2. The molecule has 0 bridgehead atoms. The normalized spacial score (nSPS) is 12.9. The second-order valence-electron chi connectivity index (χ2n) is 5.58. The lowest BCUT2D eigenvalue weighted by Gasteiger charge is -2.15. The van der Waals surface area contributed by atoms with Crippen LogP contribution in [0.4, 0.5) is 5.69 Å². The summed E-state index contributed by atoms with van der Waals surface area (Å²) < 4.78 is 30.0. The van der Waals surface area contributed by atoms with Gasteiger partial charge in [0.05, 0.1) is 24.0 Å². The molecular formula is C17H19N3O4S. The Morgan fingerprint density at radius 2 is 2.00 bits per heavy atom. The molecule has 7 nitrogen and oxygen atoms in total. The van der Waals surface area contributed by atoms with Crippen LogP contribution in [0.3, 0.4) is 0 Å². The number of rotatable bonds is 7. The van der Waals surface area contributed by atoms with Crippen molar-refractivity contribution < 1.29 is 17.7 Å². The van der Waals surface area contributed by atoms with E-state index in [4.69, 9.17) is 4.18 Å². The van der Waals surface area contributed by atoms with Gasteiger partial charge in [-0.25, -0.2) is 4.98 Å². The molecule has 0 radical (unpaired) electrons. The average molecular weight is 361 g/mol. The standard InChI is InChI=1S/C17H19N3O4S/c1-2-12(10-21)20-13-3-6-15(7-4-13)25(22,23)24-14-5-8-16-17(9-14)19-11-18-16/h3-9,11-12,20-21H,2,10H2,1H3,(H,18,19). The Morgan fingerprint density at radius 1 is 1.24 bits per heavy atom. The maximum Gasteiger partial charge on any atom is 0.339 e. The summed E-state index contributed by atoms with van der Waals surface area (Å²) in [4.78, 5) is 7.04. The van der Waals surface area contributed by atoms with Gasteiger partial charge in [0.15, 0.2) is 0 Å². The van der Waals surface area contributed by atoms with E-state index in [0.717, 1.165) is 17.6 Å². The molecule has 3 aromatic rings. The maximum absolute atomic E-state index is 12.4. The molecule has 0 aliphatic rings. The molecule has 8 heteroatoms. The molecule has 1 aromatic heterocycles. The van der Waals surface area contributed by atoms with E-state index < -0.39 is 10.1 Å². The van der Waals surface area contributed by atoms with Gasteiger partial charge in [-0.1, -0.05) is 6.92 Å². The number of benzene rings is 2. The van der Waals surface area contributed by atoms with E-state index >= 15 is 0 Å². The number of nitrogens with zero attached hydrogens (tertiary/aromatic N) is 1. The SMILES string of the molecule is CCC(CO)Nc1ccc(S(=O)(=O)Oc2ccc3nc[nH]c3c2)cc1. The second-order valence-corrected chi connectivity index (χ2v) is 7.12. The Labute approximate surface area is 145 Å². The molecule has 3 N–H and O–H groups in total. The van der Waals surface area contributed by atoms with Gasteiger partial charge < -0.3 is 19.6 Å². The fourth-order valence-electron chi connectivity index (χ4n) is 2.37. The zero-order valence-electron chi connectivity index (χ0n) is 13.6. The van der Waals surface area contributed by atoms with E-state index in [1.165, 1.54) is 18.5 Å². The number of aliphatic hydroxyl groups excluding tert-OH is 1. The van der Waals surface area contributed by atoms with E-state index in [2.05, 4.69) is 15.3 Å². The summed E-state index contributed by atoms with van der Waals surface area (Å²) in [6.07, 6.45) is 2.29. The number of aliphatic hydroxyl groups is 1. The number of hydrogen-bond acceptors (Lipinski definition) is 6. The van der Waals surface area contributed by atoms with Gasteiger partial charge in [-0.15, -0.1) is 0 Å². The molecule has 2 aromatic carbocycles. The Hall–Kier alpha value is -2.58. The van der Waals surface area contributed by atoms with Crippen LogP contribution in [0.5, 0.6) is 5.75 Å². The minimum absolute atomic E-state index is 0.00966. The highest BCUT2D eigenvalue weighted by Gasteiger charge is 2.17. The Kier molecular flexibility index (Phi) is 4.91. The van der Waals surface area contributed by atoms with Crippen LogP contribution in [-0.4, -0.2) is 36.1 Å². The van der Waals surface area contributed by atoms with Crippen molar-refractivity contribution >= 4 is 26.8 Å². The quantitative estimate of drug-likeness (QED) is 0.559. The molecule has 1 atom stereocenters. The van der Waals surface area contributed by atoms with Crippen LogP contribution in [0.2, 0.25) is 0 Å². The lowest BCUT2D eigenvalue weighted by molar-refractivity contribution is 0.272. The van der Waals surface area contributed by atoms with Crippen molar-refractivity contribution in [3.63, 3.8) is 0 Å². The molecule has 25 heavy (non-hydrogen) atoms. The smallest absolute Gasteiger partial charge is 0.339 e. The number of aromatic nitrogens is 2. The van der Waals surface area contributed by atoms with Crippen LogP contribution < -0.4 is 9.50 Å². The summed E-state index contributed by atoms with van der Waals surface area (Å²) >= 11 is 0. The monoisotopic (exact) mass is 361 g/mol. The molecule has 0 aliphatic heterocycles. The topological polar surface area (TPSA) is 104 Å². The number of anilines is 1. The van der Waals surface area contributed by atoms with Gasteiger partial charge in [-0.05, 0) is 42.8 Å². The third-order valence-corrected chi connectivity index (χ3v) is 5.09. The fraction of sp³-hybridized carbons (Fsp3) is 0.235. The van der Waals surface area contributed by atoms with Gasteiger partial charge in [-0.3, -0.25) is 0 Å². The van der Waals surface area contributed by atoms with Gasteiger partial charge in [-0.2, -0.15) is 8.42 Å². The molecule has 3 rings (SSSR count). The number of H-pyrrole nitrogens is 1. The first-order valence-corrected chi connectivity index (χ1v) is 9.27. The number of fused-ring (bicyclic) bond motifs is 1. The van der Waals surface area contributed by atoms with Gasteiger partial charge >= 0.3 is 10.1 Å². The van der Waals surface area contributed by atoms with E-state index in [1.54, 1.807) is 30.3 Å². The maximum atomic E-state index is 12.4. The van der Waals surface area contributed by atoms with Crippen molar-refractivity contribution in [1.29, 1.82) is 0 Å². The van der Waals surface area contributed by atoms with Gasteiger partial charge in [0.2, 0.25) is 0 Å². The van der Waals surface area contributed by atoms with Crippen molar-refractivity contribution in [2.75, 3.05) is 11.9 Å². The number of nitrogens with one attached hydrogen (secondary N) is 2. The van der Waals surface area contributed by atoms with E-state index in [1.807, 2.05) is 6.92 Å². The number of aromatic amines is 1. The average Bonchev–Trinajstić information content (AvgIpc) is 3.07. The van der Waals surface area contributed by atoms with Gasteiger partial charge in [0.1, 0.15) is 10.6 Å². The lowest BCUT2D eigenvalue weighted by Crippen LogP contribution is -2.22. The first-order chi connectivity index (χ1) is 12.0. The minimum atomic E-state index is -3.93. The van der Waals surface area contributed by atoms with Crippen LogP contribution in [0, 0.1) is 0 Å². The summed E-state index contributed by atoms with van der Waals surface area (Å²) in [5.41, 5.74) is 2.16. The summed E-state index contributed by atoms with van der Waals surface area (Å²) in [6, 6.07) is 11.0. The van der Waals surface area contributed by atoms with E-state index in [9.17, 15) is 13.5 Å². The molecule has 0 saturated carbocycles. The zero-order valence-corrected chi connectivity index (χ0v) is 14.5. The fourth-order valence-corrected chi connectivity index (χ4v) is 3.29. The Balaban J connectivity index is 1.77. The van der Waals surface area contributed by atoms with Crippen LogP contribution in [0.1, 0.15) is 13.3 Å². The molecular weight excluding hydrogens is 342 g/mol. The van der Waals surface area contributed by atoms with Crippen LogP contribution >= 0.6 is 0 Å². The second kappa shape index (κ2) is 7.12. The number of imidazole rings is 1. The van der Waals surface area contributed by atoms with Crippen LogP contribution in [-0.2, 0) is 10.1 Å². The zero-order chi connectivity index (χ0) is 17.9. The van der Waals surface area contributed by atoms with Crippen molar-refractivity contribution in [3.05, 3.63) is 48.8 Å². The highest BCUT2D eigenvalue weighted by molar-refractivity contribution is 7.87. The molecule has 132 valence electrons. The molecule has 0 fully saturated rings. The predicted molar refractivity (Wildman–Crippen MR) is 95.1 cm³/mol. The summed E-state index contributed by atoms with van der Waals surface area (Å²) in [5, 5.41) is 12.3.